The van der Waals surface area contributed by atoms with Crippen LogP contribution in [0.3, 0.4) is 0 Å². The number of aliphatic hydroxyl groups is 1. The van der Waals surface area contributed by atoms with Crippen LogP contribution in [0.4, 0.5) is 23.1 Å². The number of carbonyl (C=O) groups is 3. The van der Waals surface area contributed by atoms with Gasteiger partial charge in [-0.3, -0.25) is 24.1 Å². The molecule has 3 amide bonds. The number of amides is 3. The Balaban J connectivity index is 0.772. The number of ether oxygens (including phenoxy) is 1. The number of hydrogen-bond donors (Lipinski definition) is 4. The van der Waals surface area contributed by atoms with Crippen molar-refractivity contribution in [1.82, 2.24) is 35.0 Å². The fourth-order valence-electron chi connectivity index (χ4n) is 10.3. The van der Waals surface area contributed by atoms with Crippen LogP contribution >= 0.6 is 11.6 Å². The van der Waals surface area contributed by atoms with E-state index >= 15 is 0 Å². The number of pyridine rings is 1. The summed E-state index contributed by atoms with van der Waals surface area (Å²) in [5, 5.41) is 19.5. The van der Waals surface area contributed by atoms with Gasteiger partial charge in [0, 0.05) is 93.3 Å². The molecule has 62 heavy (non-hydrogen) atoms. The number of nitrogens with zero attached hydrogens (tertiary/aromatic N) is 7. The summed E-state index contributed by atoms with van der Waals surface area (Å²) in [4.78, 5) is 69.6. The van der Waals surface area contributed by atoms with E-state index in [0.29, 0.717) is 53.1 Å². The molecule has 0 bridgehead atoms. The van der Waals surface area contributed by atoms with Crippen LogP contribution in [0.1, 0.15) is 74.3 Å². The molecule has 2 unspecified atom stereocenters. The van der Waals surface area contributed by atoms with Crippen molar-refractivity contribution in [1.29, 1.82) is 0 Å². The third-order valence-corrected chi connectivity index (χ3v) is 13.9. The molecule has 1 saturated carbocycles. The maximum Gasteiger partial charge on any atom is 0.293 e. The lowest BCUT2D eigenvalue weighted by atomic mass is 9.57. The lowest BCUT2D eigenvalue weighted by Gasteiger charge is -2.53. The second-order valence-corrected chi connectivity index (χ2v) is 18.3. The number of nitrogens with one attached hydrogen (secondary N) is 3. The first-order valence-electron chi connectivity index (χ1n) is 21.8. The van der Waals surface area contributed by atoms with E-state index < -0.39 is 12.3 Å². The van der Waals surface area contributed by atoms with Gasteiger partial charge in [0.05, 0.1) is 11.7 Å². The van der Waals surface area contributed by atoms with E-state index in [0.717, 1.165) is 86.5 Å². The highest BCUT2D eigenvalue weighted by atomic mass is 35.5. The first-order valence-corrected chi connectivity index (χ1v) is 22.2. The van der Waals surface area contributed by atoms with Gasteiger partial charge in [0.1, 0.15) is 17.3 Å². The molecule has 0 radical (unpaired) electrons. The summed E-state index contributed by atoms with van der Waals surface area (Å²) in [7, 11) is 1.52. The van der Waals surface area contributed by atoms with Gasteiger partial charge in [0.15, 0.2) is 18.2 Å². The Kier molecular flexibility index (Phi) is 11.5. The minimum Gasteiger partial charge on any atom is -0.478 e. The Morgan fingerprint density at radius 3 is 2.52 bits per heavy atom. The highest BCUT2D eigenvalue weighted by Crippen LogP contribution is 2.53. The van der Waals surface area contributed by atoms with E-state index in [2.05, 4.69) is 41.7 Å². The van der Waals surface area contributed by atoms with Gasteiger partial charge in [0.2, 0.25) is 11.9 Å². The van der Waals surface area contributed by atoms with Gasteiger partial charge in [-0.05, 0) is 100 Å². The summed E-state index contributed by atoms with van der Waals surface area (Å²) >= 11 is 6.63. The third kappa shape index (κ3) is 8.15. The monoisotopic (exact) mass is 866 g/mol. The molecule has 2 atom stereocenters. The van der Waals surface area contributed by atoms with Crippen LogP contribution in [0.25, 0.3) is 10.9 Å². The molecule has 1 spiro atoms. The Hall–Kier alpha value is -5.45. The summed E-state index contributed by atoms with van der Waals surface area (Å²) in [6.45, 7) is 10.6. The van der Waals surface area contributed by atoms with Crippen molar-refractivity contribution in [2.24, 2.45) is 11.3 Å². The van der Waals surface area contributed by atoms with Gasteiger partial charge < -0.3 is 45.1 Å². The van der Waals surface area contributed by atoms with Crippen LogP contribution in [0.5, 0.6) is 5.75 Å². The number of aromatic nitrogens is 3. The molecule has 3 saturated heterocycles. The number of benzene rings is 2. The molecule has 1 aliphatic carbocycles. The van der Waals surface area contributed by atoms with Crippen molar-refractivity contribution in [2.45, 2.75) is 77.2 Å². The number of hydrogen-bond acceptors (Lipinski definition) is 12. The number of aliphatic hydroxyl groups excluding tert-OH is 1. The van der Waals surface area contributed by atoms with Crippen LogP contribution in [0.15, 0.2) is 53.5 Å². The topological polar surface area (TPSA) is 178 Å². The van der Waals surface area contributed by atoms with E-state index in [1.165, 1.54) is 19.9 Å². The largest absolute Gasteiger partial charge is 0.478 e. The molecular weight excluding hydrogens is 812 g/mol. The predicted molar refractivity (Wildman–Crippen MR) is 237 cm³/mol. The zero-order chi connectivity index (χ0) is 43.3. The molecule has 4 N–H and O–H groups in total. The average Bonchev–Trinajstić information content (AvgIpc) is 3.59. The normalized spacial score (nSPS) is 21.6. The van der Waals surface area contributed by atoms with Crippen molar-refractivity contribution in [2.75, 3.05) is 74.6 Å². The first kappa shape index (κ1) is 41.9. The maximum atomic E-state index is 13.4. The Morgan fingerprint density at radius 1 is 1.02 bits per heavy atom. The molecule has 9 rings (SSSR count). The number of piperazine rings is 1. The summed E-state index contributed by atoms with van der Waals surface area (Å²) < 4.78 is 7.29. The van der Waals surface area contributed by atoms with Crippen LogP contribution in [0.2, 0.25) is 5.02 Å². The number of fused-ring (bicyclic) bond motifs is 2. The van der Waals surface area contributed by atoms with Crippen LogP contribution in [0, 0.1) is 11.3 Å². The number of rotatable bonds is 11. The van der Waals surface area contributed by atoms with Crippen molar-refractivity contribution >= 4 is 63.4 Å². The van der Waals surface area contributed by atoms with Crippen LogP contribution in [-0.2, 0) is 16.1 Å². The van der Waals surface area contributed by atoms with E-state index in [1.54, 1.807) is 21.7 Å². The molecular formula is C45H55ClN10O6. The number of carbonyl (C=O) groups excluding carboxylic acids is 3. The highest BCUT2D eigenvalue weighted by molar-refractivity contribution is 6.33. The van der Waals surface area contributed by atoms with Gasteiger partial charge in [0.25, 0.3) is 17.4 Å². The number of piperidine rings is 2. The zero-order valence-corrected chi connectivity index (χ0v) is 36.3. The molecule has 4 aliphatic heterocycles. The van der Waals surface area contributed by atoms with Gasteiger partial charge in [-0.25, -0.2) is 4.98 Å². The Labute approximate surface area is 365 Å². The van der Waals surface area contributed by atoms with Crippen molar-refractivity contribution in [3.8, 4) is 5.75 Å². The van der Waals surface area contributed by atoms with Gasteiger partial charge in [-0.1, -0.05) is 17.7 Å². The fraction of sp³-hybridized carbons (Fsp3) is 0.511. The smallest absolute Gasteiger partial charge is 0.293 e. The molecule has 17 heteroatoms. The molecule has 2 aromatic carbocycles. The molecule has 328 valence electrons. The highest BCUT2D eigenvalue weighted by Gasteiger charge is 2.47. The molecule has 5 aliphatic rings. The first-order chi connectivity index (χ1) is 29.9. The van der Waals surface area contributed by atoms with Crippen LogP contribution in [-0.4, -0.2) is 119 Å². The number of anilines is 4. The lowest BCUT2D eigenvalue weighted by Crippen LogP contribution is -2.54. The summed E-state index contributed by atoms with van der Waals surface area (Å²) in [6, 6.07) is 12.6. The van der Waals surface area contributed by atoms with Crippen molar-refractivity contribution in [3.63, 3.8) is 0 Å². The van der Waals surface area contributed by atoms with E-state index in [4.69, 9.17) is 21.3 Å². The minimum absolute atomic E-state index is 0.102. The minimum atomic E-state index is -0.847. The van der Waals surface area contributed by atoms with E-state index in [1.807, 2.05) is 44.2 Å². The molecule has 4 fully saturated rings. The van der Waals surface area contributed by atoms with Gasteiger partial charge in [-0.2, -0.15) is 4.98 Å². The Morgan fingerprint density at radius 2 is 1.79 bits per heavy atom. The molecule has 16 nitrogen and oxygen atoms in total. The fourth-order valence-corrected chi connectivity index (χ4v) is 10.5. The summed E-state index contributed by atoms with van der Waals surface area (Å²) in [5.41, 5.74) is 4.31. The lowest BCUT2D eigenvalue weighted by molar-refractivity contribution is -0.132. The Bertz CT molecular complexity index is 2440. The predicted octanol–water partition coefficient (Wildman–Crippen LogP) is 4.27. The van der Waals surface area contributed by atoms with Crippen LogP contribution < -0.4 is 36.0 Å². The maximum absolute atomic E-state index is 13.4. The van der Waals surface area contributed by atoms with Gasteiger partial charge >= 0.3 is 0 Å². The molecule has 6 heterocycles. The van der Waals surface area contributed by atoms with Gasteiger partial charge in [-0.15, -0.1) is 0 Å². The third-order valence-electron chi connectivity index (χ3n) is 13.6. The summed E-state index contributed by atoms with van der Waals surface area (Å²) in [5.74, 6) is 1.20. The quantitative estimate of drug-likeness (QED) is 0.169. The average molecular weight is 867 g/mol. The molecule has 4 aromatic rings. The van der Waals surface area contributed by atoms with E-state index in [9.17, 15) is 24.3 Å². The second kappa shape index (κ2) is 17.0. The van der Waals surface area contributed by atoms with Crippen molar-refractivity contribution < 1.29 is 24.2 Å². The SMILES string of the molecule is CNC(=O)COc1cc2cc(Nc3nc(N4CCC5(CC4)CC(CN4CCN(c6cccc7c6CN(C6CCC(O)NC6=O)C7=O)CC4)C5)ncc3Cl)ccc2n(C(C)C)c1=O. The number of halogens is 1. The number of likely N-dealkylation sites (N-methyl/N-ethyl adjacent to an activating group) is 1. The molecule has 2 aromatic heterocycles. The van der Waals surface area contributed by atoms with E-state index in [-0.39, 0.29) is 41.7 Å². The second-order valence-electron chi connectivity index (χ2n) is 17.9. The zero-order valence-electron chi connectivity index (χ0n) is 35.5. The summed E-state index contributed by atoms with van der Waals surface area (Å²) in [6.07, 6.45) is 6.34. The standard InChI is InChI=1S/C45H55ClN10O6/c1-27(2)56-34-8-7-30(19-29(34)20-37(43(56)61)62-26-39(58)47-3)49-40-33(46)23-48-44(51-40)54-13-11-45(12-14-54)21-28(22-45)24-52-15-17-53(18-16-52)35-6-4-5-31-32(35)25-55(42(31)60)36-9-10-38(57)50-41(36)59/h4-8,19-20,23,27-28,36,38,57H,9-18,21-22,24-26H2,1-3H3,(H,47,58)(H,50,59)(H,48,49,51). The van der Waals surface area contributed by atoms with Crippen molar-refractivity contribution in [3.05, 3.63) is 75.2 Å².